The molecule has 0 aliphatic carbocycles. The molecule has 106 valence electrons. The Hall–Kier alpha value is -0.740. The molecule has 2 aliphatic heterocycles. The van der Waals surface area contributed by atoms with Gasteiger partial charge in [-0.25, -0.2) is 18.5 Å². The van der Waals surface area contributed by atoms with Crippen molar-refractivity contribution >= 4 is 26.5 Å². The van der Waals surface area contributed by atoms with Crippen LogP contribution in [0.4, 0.5) is 5.13 Å². The molecule has 0 bridgehead atoms. The minimum absolute atomic E-state index is 0.103. The Morgan fingerprint density at radius 1 is 1.53 bits per heavy atom. The van der Waals surface area contributed by atoms with E-state index in [4.69, 9.17) is 9.88 Å². The molecule has 3 heterocycles. The molecule has 7 nitrogen and oxygen atoms in total. The van der Waals surface area contributed by atoms with Crippen LogP contribution in [0.15, 0.2) is 10.4 Å². The van der Waals surface area contributed by atoms with Gasteiger partial charge in [0.25, 0.3) is 0 Å². The summed E-state index contributed by atoms with van der Waals surface area (Å²) in [7, 11) is -1.58. The first-order valence-electron chi connectivity index (χ1n) is 6.00. The van der Waals surface area contributed by atoms with Gasteiger partial charge in [0.2, 0.25) is 10.0 Å². The number of ether oxygens (including phenoxy) is 1. The molecule has 0 amide bonds. The highest BCUT2D eigenvalue weighted by atomic mass is 32.2. The van der Waals surface area contributed by atoms with Gasteiger partial charge in [-0.3, -0.25) is 4.90 Å². The number of primary sulfonamides is 1. The molecule has 1 aromatic heterocycles. The fourth-order valence-electron chi connectivity index (χ4n) is 2.54. The zero-order valence-corrected chi connectivity index (χ0v) is 12.2. The van der Waals surface area contributed by atoms with Crippen molar-refractivity contribution < 1.29 is 13.2 Å². The molecule has 2 atom stereocenters. The Labute approximate surface area is 116 Å². The molecule has 2 saturated heterocycles. The van der Waals surface area contributed by atoms with Crippen LogP contribution in [0, 0.1) is 0 Å². The van der Waals surface area contributed by atoms with Crippen molar-refractivity contribution in [2.75, 3.05) is 38.2 Å². The van der Waals surface area contributed by atoms with Crippen LogP contribution >= 0.6 is 11.3 Å². The monoisotopic (exact) mass is 304 g/mol. The van der Waals surface area contributed by atoms with Crippen LogP contribution in [0.5, 0.6) is 0 Å². The Morgan fingerprint density at radius 3 is 2.95 bits per heavy atom. The summed E-state index contributed by atoms with van der Waals surface area (Å²) in [4.78, 5) is 8.50. The summed E-state index contributed by atoms with van der Waals surface area (Å²) < 4.78 is 28.4. The van der Waals surface area contributed by atoms with Crippen molar-refractivity contribution in [3.63, 3.8) is 0 Å². The Morgan fingerprint density at radius 2 is 2.32 bits per heavy atom. The van der Waals surface area contributed by atoms with Crippen molar-refractivity contribution in [1.82, 2.24) is 9.88 Å². The van der Waals surface area contributed by atoms with E-state index < -0.39 is 10.0 Å². The number of thiazole rings is 1. The van der Waals surface area contributed by atoms with Gasteiger partial charge in [-0.15, -0.1) is 0 Å². The van der Waals surface area contributed by atoms with E-state index in [-0.39, 0.29) is 10.3 Å². The number of rotatable bonds is 2. The van der Waals surface area contributed by atoms with Gasteiger partial charge in [0.05, 0.1) is 24.9 Å². The van der Waals surface area contributed by atoms with Crippen molar-refractivity contribution in [2.24, 2.45) is 5.14 Å². The first kappa shape index (κ1) is 13.3. The van der Waals surface area contributed by atoms with E-state index in [1.807, 2.05) is 0 Å². The lowest BCUT2D eigenvalue weighted by atomic mass is 10.1. The van der Waals surface area contributed by atoms with Gasteiger partial charge in [-0.05, 0) is 7.05 Å². The third-order valence-corrected chi connectivity index (χ3v) is 6.07. The van der Waals surface area contributed by atoms with Crippen LogP contribution in [0.1, 0.15) is 0 Å². The molecule has 0 radical (unpaired) electrons. The Balaban J connectivity index is 1.79. The summed E-state index contributed by atoms with van der Waals surface area (Å²) in [6.07, 6.45) is 1.49. The quantitative estimate of drug-likeness (QED) is 0.778. The summed E-state index contributed by atoms with van der Waals surface area (Å²) >= 11 is 1.11. The predicted molar refractivity (Wildman–Crippen MR) is 71.9 cm³/mol. The average molecular weight is 304 g/mol. The maximum absolute atomic E-state index is 11.3. The lowest BCUT2D eigenvalue weighted by molar-refractivity contribution is -0.0362. The Kier molecular flexibility index (Phi) is 3.26. The first-order chi connectivity index (χ1) is 8.95. The number of aromatic nitrogens is 1. The highest BCUT2D eigenvalue weighted by Crippen LogP contribution is 2.31. The first-order valence-corrected chi connectivity index (χ1v) is 8.37. The van der Waals surface area contributed by atoms with E-state index in [0.29, 0.717) is 11.2 Å². The fourth-order valence-corrected chi connectivity index (χ4v) is 4.10. The van der Waals surface area contributed by atoms with E-state index in [0.717, 1.165) is 37.6 Å². The molecule has 2 fully saturated rings. The largest absolute Gasteiger partial charge is 0.373 e. The summed E-state index contributed by atoms with van der Waals surface area (Å²) in [5, 5.41) is 5.79. The van der Waals surface area contributed by atoms with Crippen LogP contribution in [-0.2, 0) is 14.8 Å². The van der Waals surface area contributed by atoms with Gasteiger partial charge < -0.3 is 9.64 Å². The highest BCUT2D eigenvalue weighted by molar-refractivity contribution is 7.91. The number of sulfonamides is 1. The number of likely N-dealkylation sites (N-methyl/N-ethyl adjacent to an activating group) is 1. The van der Waals surface area contributed by atoms with E-state index in [1.54, 1.807) is 0 Å². The van der Waals surface area contributed by atoms with Gasteiger partial charge in [0.1, 0.15) is 0 Å². The van der Waals surface area contributed by atoms with E-state index >= 15 is 0 Å². The van der Waals surface area contributed by atoms with Gasteiger partial charge in [-0.2, -0.15) is 0 Å². The lowest BCUT2D eigenvalue weighted by Gasteiger charge is -2.33. The number of hydrogen-bond acceptors (Lipinski definition) is 7. The van der Waals surface area contributed by atoms with Gasteiger partial charge in [0.15, 0.2) is 9.34 Å². The van der Waals surface area contributed by atoms with Crippen molar-refractivity contribution in [1.29, 1.82) is 0 Å². The molecule has 2 N–H and O–H groups in total. The standard InChI is InChI=1S/C10H16N4O3S2/c1-13-2-3-17-8-6-14(5-7(8)13)10-12-4-9(18-10)19(11,15)16/h4,7-8H,2-3,5-6H2,1H3,(H2,11,15,16). The average Bonchev–Trinajstić information content (AvgIpc) is 2.94. The topological polar surface area (TPSA) is 88.8 Å². The summed E-state index contributed by atoms with van der Waals surface area (Å²) in [5.41, 5.74) is 0. The van der Waals surface area contributed by atoms with Crippen LogP contribution < -0.4 is 10.0 Å². The van der Waals surface area contributed by atoms with Gasteiger partial charge in [0, 0.05) is 19.6 Å². The van der Waals surface area contributed by atoms with Crippen LogP contribution in [0.2, 0.25) is 0 Å². The molecule has 0 spiro atoms. The van der Waals surface area contributed by atoms with Crippen LogP contribution in [0.25, 0.3) is 0 Å². The maximum Gasteiger partial charge on any atom is 0.249 e. The second kappa shape index (κ2) is 4.67. The van der Waals surface area contributed by atoms with Crippen molar-refractivity contribution in [3.05, 3.63) is 6.20 Å². The number of anilines is 1. The molecule has 19 heavy (non-hydrogen) atoms. The number of fused-ring (bicyclic) bond motifs is 1. The fraction of sp³-hybridized carbons (Fsp3) is 0.700. The van der Waals surface area contributed by atoms with Crippen molar-refractivity contribution in [2.45, 2.75) is 16.4 Å². The lowest BCUT2D eigenvalue weighted by Crippen LogP contribution is -2.48. The highest BCUT2D eigenvalue weighted by Gasteiger charge is 2.39. The summed E-state index contributed by atoms with van der Waals surface area (Å²) in [6.45, 7) is 3.21. The second-order valence-electron chi connectivity index (χ2n) is 4.87. The smallest absolute Gasteiger partial charge is 0.249 e. The number of nitrogens with zero attached hydrogens (tertiary/aromatic N) is 3. The molecule has 0 aromatic carbocycles. The van der Waals surface area contributed by atoms with Crippen LogP contribution in [0.3, 0.4) is 0 Å². The molecule has 2 aliphatic rings. The minimum Gasteiger partial charge on any atom is -0.373 e. The van der Waals surface area contributed by atoms with Gasteiger partial charge >= 0.3 is 0 Å². The maximum atomic E-state index is 11.3. The second-order valence-corrected chi connectivity index (χ2v) is 7.67. The van der Waals surface area contributed by atoms with Crippen LogP contribution in [-0.4, -0.2) is 63.7 Å². The zero-order valence-electron chi connectivity index (χ0n) is 10.5. The molecule has 2 unspecified atom stereocenters. The molecule has 3 rings (SSSR count). The van der Waals surface area contributed by atoms with E-state index in [2.05, 4.69) is 21.8 Å². The van der Waals surface area contributed by atoms with E-state index in [1.165, 1.54) is 6.20 Å². The normalized spacial score (nSPS) is 28.6. The number of morpholine rings is 1. The SMILES string of the molecule is CN1CCOC2CN(c3ncc(S(N)(=O)=O)s3)CC21. The predicted octanol–water partition coefficient (Wildman–Crippen LogP) is -0.690. The summed E-state index contributed by atoms with van der Waals surface area (Å²) in [5.74, 6) is 0. The Bertz CT molecular complexity index is 573. The van der Waals surface area contributed by atoms with Crippen molar-refractivity contribution in [3.8, 4) is 0 Å². The van der Waals surface area contributed by atoms with E-state index in [9.17, 15) is 8.42 Å². The molecular formula is C10H16N4O3S2. The molecule has 9 heteroatoms. The molecular weight excluding hydrogens is 288 g/mol. The summed E-state index contributed by atoms with van der Waals surface area (Å²) in [6, 6.07) is 0.343. The molecule has 0 saturated carbocycles. The van der Waals surface area contributed by atoms with Gasteiger partial charge in [-0.1, -0.05) is 11.3 Å². The molecule has 1 aromatic rings. The third kappa shape index (κ3) is 2.48. The number of nitrogens with two attached hydrogens (primary N) is 1. The minimum atomic E-state index is -3.66. The third-order valence-electron chi connectivity index (χ3n) is 3.60. The zero-order chi connectivity index (χ0) is 13.6. The number of hydrogen-bond donors (Lipinski definition) is 1.